The van der Waals surface area contributed by atoms with Crippen molar-refractivity contribution < 1.29 is 4.79 Å². The first-order valence-electron chi connectivity index (χ1n) is 9.66. The average molecular weight is 327 g/mol. The predicted octanol–water partition coefficient (Wildman–Crippen LogP) is 3.24. The van der Waals surface area contributed by atoms with Gasteiger partial charge >= 0.3 is 6.03 Å². The minimum absolute atomic E-state index is 0.149. The van der Waals surface area contributed by atoms with Gasteiger partial charge in [0.25, 0.3) is 0 Å². The zero-order valence-corrected chi connectivity index (χ0v) is 14.5. The SMILES string of the molecule is O=C1NCC(c2ccccc2)(C2CCCCC2)N1C1CCNCC1. The van der Waals surface area contributed by atoms with E-state index in [0.717, 1.165) is 32.5 Å². The summed E-state index contributed by atoms with van der Waals surface area (Å²) >= 11 is 0. The first kappa shape index (κ1) is 15.9. The molecule has 2 aliphatic heterocycles. The summed E-state index contributed by atoms with van der Waals surface area (Å²) in [4.78, 5) is 15.2. The van der Waals surface area contributed by atoms with Crippen LogP contribution in [0.4, 0.5) is 4.79 Å². The summed E-state index contributed by atoms with van der Waals surface area (Å²) in [6, 6.07) is 11.3. The Bertz CT molecular complexity index is 564. The number of hydrogen-bond acceptors (Lipinski definition) is 2. The lowest BCUT2D eigenvalue weighted by Crippen LogP contribution is -2.56. The lowest BCUT2D eigenvalue weighted by atomic mass is 9.70. The van der Waals surface area contributed by atoms with Crippen LogP contribution in [0.1, 0.15) is 50.5 Å². The molecular weight excluding hydrogens is 298 g/mol. The van der Waals surface area contributed by atoms with Gasteiger partial charge in [-0.25, -0.2) is 4.79 Å². The van der Waals surface area contributed by atoms with Crippen LogP contribution in [0.2, 0.25) is 0 Å². The van der Waals surface area contributed by atoms with E-state index < -0.39 is 0 Å². The third kappa shape index (κ3) is 2.61. The first-order chi connectivity index (χ1) is 11.8. The Morgan fingerprint density at radius 3 is 2.38 bits per heavy atom. The fourth-order valence-corrected chi connectivity index (χ4v) is 5.24. The van der Waals surface area contributed by atoms with Crippen LogP contribution in [-0.2, 0) is 5.54 Å². The number of hydrogen-bond donors (Lipinski definition) is 2. The van der Waals surface area contributed by atoms with Gasteiger partial charge in [0.05, 0.1) is 5.54 Å². The Kier molecular flexibility index (Phi) is 4.49. The Morgan fingerprint density at radius 1 is 0.958 bits per heavy atom. The second kappa shape index (κ2) is 6.75. The van der Waals surface area contributed by atoms with Crippen LogP contribution in [0, 0.1) is 5.92 Å². The molecule has 4 rings (SSSR count). The molecule has 3 aliphatic rings. The molecule has 0 radical (unpaired) electrons. The molecule has 1 atom stereocenters. The molecule has 2 amide bonds. The number of nitrogens with zero attached hydrogens (tertiary/aromatic N) is 1. The maximum atomic E-state index is 12.9. The molecule has 4 heteroatoms. The average Bonchev–Trinajstić information content (AvgIpc) is 3.02. The molecular formula is C20H29N3O. The van der Waals surface area contributed by atoms with Crippen LogP contribution < -0.4 is 10.6 Å². The summed E-state index contributed by atoms with van der Waals surface area (Å²) in [5, 5.41) is 6.66. The zero-order valence-electron chi connectivity index (χ0n) is 14.5. The highest BCUT2D eigenvalue weighted by atomic mass is 16.2. The van der Waals surface area contributed by atoms with E-state index in [0.29, 0.717) is 12.0 Å². The van der Waals surface area contributed by atoms with Gasteiger partial charge in [-0.1, -0.05) is 49.6 Å². The molecule has 2 N–H and O–H groups in total. The summed E-state index contributed by atoms with van der Waals surface area (Å²) in [6.45, 7) is 2.80. The molecule has 0 spiro atoms. The van der Waals surface area contributed by atoms with Gasteiger partial charge in [-0.2, -0.15) is 0 Å². The van der Waals surface area contributed by atoms with Crippen molar-refractivity contribution in [2.75, 3.05) is 19.6 Å². The number of carbonyl (C=O) groups excluding carboxylic acids is 1. The molecule has 2 saturated heterocycles. The maximum absolute atomic E-state index is 12.9. The molecule has 1 aromatic rings. The molecule has 4 nitrogen and oxygen atoms in total. The second-order valence-electron chi connectivity index (χ2n) is 7.64. The van der Waals surface area contributed by atoms with Gasteiger partial charge in [-0.15, -0.1) is 0 Å². The standard InChI is InChI=1S/C20H29N3O/c24-19-22-15-20(16-7-3-1-4-8-16,17-9-5-2-6-10-17)23(19)18-11-13-21-14-12-18/h1,3-4,7-8,17-18,21H,2,5-6,9-15H2,(H,22,24). The van der Waals surface area contributed by atoms with Gasteiger partial charge in [0, 0.05) is 12.6 Å². The topological polar surface area (TPSA) is 44.4 Å². The van der Waals surface area contributed by atoms with Gasteiger partial charge in [-0.05, 0) is 50.3 Å². The van der Waals surface area contributed by atoms with Crippen molar-refractivity contribution in [1.82, 2.24) is 15.5 Å². The number of nitrogens with one attached hydrogen (secondary N) is 2. The predicted molar refractivity (Wildman–Crippen MR) is 95.8 cm³/mol. The normalized spacial score (nSPS) is 29.7. The van der Waals surface area contributed by atoms with Crippen molar-refractivity contribution in [3.05, 3.63) is 35.9 Å². The third-order valence-electron chi connectivity index (χ3n) is 6.39. The molecule has 0 aromatic heterocycles. The van der Waals surface area contributed by atoms with E-state index >= 15 is 0 Å². The van der Waals surface area contributed by atoms with E-state index in [1.54, 1.807) is 0 Å². The highest BCUT2D eigenvalue weighted by Gasteiger charge is 2.54. The summed E-state index contributed by atoms with van der Waals surface area (Å²) in [7, 11) is 0. The Hall–Kier alpha value is -1.55. The van der Waals surface area contributed by atoms with Crippen molar-refractivity contribution in [3.63, 3.8) is 0 Å². The Morgan fingerprint density at radius 2 is 1.67 bits per heavy atom. The maximum Gasteiger partial charge on any atom is 0.318 e. The van der Waals surface area contributed by atoms with E-state index in [4.69, 9.17) is 0 Å². The van der Waals surface area contributed by atoms with Gasteiger partial charge in [0.15, 0.2) is 0 Å². The fraction of sp³-hybridized carbons (Fsp3) is 0.650. The molecule has 130 valence electrons. The van der Waals surface area contributed by atoms with Crippen LogP contribution in [0.25, 0.3) is 0 Å². The molecule has 1 aromatic carbocycles. The minimum Gasteiger partial charge on any atom is -0.335 e. The number of benzene rings is 1. The van der Waals surface area contributed by atoms with Crippen LogP contribution in [0.3, 0.4) is 0 Å². The number of carbonyl (C=O) groups is 1. The van der Waals surface area contributed by atoms with E-state index in [9.17, 15) is 4.79 Å². The molecule has 1 aliphatic carbocycles. The van der Waals surface area contributed by atoms with Crippen molar-refractivity contribution >= 4 is 6.03 Å². The molecule has 3 fully saturated rings. The van der Waals surface area contributed by atoms with E-state index in [2.05, 4.69) is 45.9 Å². The smallest absolute Gasteiger partial charge is 0.318 e. The van der Waals surface area contributed by atoms with Crippen LogP contribution in [0.5, 0.6) is 0 Å². The van der Waals surface area contributed by atoms with Crippen molar-refractivity contribution in [1.29, 1.82) is 0 Å². The molecule has 1 saturated carbocycles. The van der Waals surface area contributed by atoms with E-state index in [1.165, 1.54) is 37.7 Å². The van der Waals surface area contributed by atoms with Crippen molar-refractivity contribution in [3.8, 4) is 0 Å². The summed E-state index contributed by atoms with van der Waals surface area (Å²) in [6.07, 6.45) is 8.55. The van der Waals surface area contributed by atoms with Crippen LogP contribution in [0.15, 0.2) is 30.3 Å². The lowest BCUT2D eigenvalue weighted by molar-refractivity contribution is 0.0355. The number of piperidine rings is 1. The molecule has 1 unspecified atom stereocenters. The van der Waals surface area contributed by atoms with E-state index in [-0.39, 0.29) is 11.6 Å². The number of rotatable bonds is 3. The number of amides is 2. The van der Waals surface area contributed by atoms with Crippen LogP contribution >= 0.6 is 0 Å². The van der Waals surface area contributed by atoms with Crippen LogP contribution in [-0.4, -0.2) is 36.6 Å². The molecule has 24 heavy (non-hydrogen) atoms. The first-order valence-corrected chi connectivity index (χ1v) is 9.66. The van der Waals surface area contributed by atoms with Gasteiger partial charge in [-0.3, -0.25) is 0 Å². The quantitative estimate of drug-likeness (QED) is 0.895. The van der Waals surface area contributed by atoms with E-state index in [1.807, 2.05) is 0 Å². The third-order valence-corrected chi connectivity index (χ3v) is 6.39. The summed E-state index contributed by atoms with van der Waals surface area (Å²) < 4.78 is 0. The number of urea groups is 1. The van der Waals surface area contributed by atoms with Crippen molar-refractivity contribution in [2.24, 2.45) is 5.92 Å². The van der Waals surface area contributed by atoms with Crippen molar-refractivity contribution in [2.45, 2.75) is 56.5 Å². The highest BCUT2D eigenvalue weighted by molar-refractivity contribution is 5.79. The highest BCUT2D eigenvalue weighted by Crippen LogP contribution is 2.47. The fourth-order valence-electron chi connectivity index (χ4n) is 5.24. The monoisotopic (exact) mass is 327 g/mol. The van der Waals surface area contributed by atoms with Gasteiger partial charge in [0.2, 0.25) is 0 Å². The Balaban J connectivity index is 1.77. The lowest BCUT2D eigenvalue weighted by Gasteiger charge is -2.49. The summed E-state index contributed by atoms with van der Waals surface area (Å²) in [5.74, 6) is 0.572. The van der Waals surface area contributed by atoms with Gasteiger partial charge in [0.1, 0.15) is 0 Å². The summed E-state index contributed by atoms with van der Waals surface area (Å²) in [5.41, 5.74) is 1.18. The van der Waals surface area contributed by atoms with Gasteiger partial charge < -0.3 is 15.5 Å². The molecule has 2 heterocycles. The minimum atomic E-state index is -0.152. The molecule has 0 bridgehead atoms. The Labute approximate surface area is 145 Å². The second-order valence-corrected chi connectivity index (χ2v) is 7.64. The zero-order chi connectivity index (χ0) is 16.4. The largest absolute Gasteiger partial charge is 0.335 e.